The Morgan fingerprint density at radius 2 is 2.31 bits per heavy atom. The highest BCUT2D eigenvalue weighted by Gasteiger charge is 2.01. The number of aromatic amines is 1. The van der Waals surface area contributed by atoms with Gasteiger partial charge >= 0.3 is 5.69 Å². The molecular weight excluding hydrogens is 210 g/mol. The van der Waals surface area contributed by atoms with Gasteiger partial charge in [0.25, 0.3) is 5.56 Å². The monoisotopic (exact) mass is 221 g/mol. The first-order valence-corrected chi connectivity index (χ1v) is 4.60. The Kier molecular flexibility index (Phi) is 4.24. The van der Waals surface area contributed by atoms with E-state index < -0.39 is 11.2 Å². The Morgan fingerprint density at radius 1 is 1.56 bits per heavy atom. The smallest absolute Gasteiger partial charge is 0.309 e. The summed E-state index contributed by atoms with van der Waals surface area (Å²) >= 11 is 0. The summed E-state index contributed by atoms with van der Waals surface area (Å²) in [5.41, 5.74) is -0.997. The largest absolute Gasteiger partial charge is 0.328 e. The van der Waals surface area contributed by atoms with Crippen LogP contribution in [0, 0.1) is 11.8 Å². The van der Waals surface area contributed by atoms with Crippen molar-refractivity contribution >= 4 is 6.29 Å². The van der Waals surface area contributed by atoms with Crippen LogP contribution in [-0.2, 0) is 11.3 Å². The molecule has 0 saturated carbocycles. The number of rotatable bonds is 3. The van der Waals surface area contributed by atoms with E-state index in [2.05, 4.69) is 22.1 Å². The molecule has 84 valence electrons. The number of hydrogen-bond donors (Lipinski definition) is 2. The predicted molar refractivity (Wildman–Crippen MR) is 58.2 cm³/mol. The zero-order valence-corrected chi connectivity index (χ0v) is 8.74. The Hall–Kier alpha value is -2.13. The van der Waals surface area contributed by atoms with E-state index in [1.165, 1.54) is 6.20 Å². The number of nitrogens with zero attached hydrogens (tertiary/aromatic N) is 1. The summed E-state index contributed by atoms with van der Waals surface area (Å²) in [4.78, 5) is 34.9. The summed E-state index contributed by atoms with van der Waals surface area (Å²) in [6.45, 7) is 0.336. The molecule has 1 heterocycles. The van der Waals surface area contributed by atoms with E-state index in [1.54, 1.807) is 7.05 Å². The van der Waals surface area contributed by atoms with Crippen molar-refractivity contribution in [3.63, 3.8) is 0 Å². The quantitative estimate of drug-likeness (QED) is 0.471. The van der Waals surface area contributed by atoms with Crippen LogP contribution in [0.1, 0.15) is 5.56 Å². The molecule has 1 aromatic rings. The van der Waals surface area contributed by atoms with Crippen molar-refractivity contribution in [1.29, 1.82) is 0 Å². The molecule has 0 aliphatic heterocycles. The normalized spacial score (nSPS) is 9.31. The number of H-pyrrole nitrogens is 1. The first-order chi connectivity index (χ1) is 7.69. The fourth-order valence-electron chi connectivity index (χ4n) is 1.04. The van der Waals surface area contributed by atoms with Gasteiger partial charge in [-0.25, -0.2) is 4.79 Å². The maximum atomic E-state index is 11.3. The van der Waals surface area contributed by atoms with Gasteiger partial charge in [-0.15, -0.1) is 0 Å². The summed E-state index contributed by atoms with van der Waals surface area (Å²) in [6, 6.07) is 0. The first-order valence-electron chi connectivity index (χ1n) is 4.60. The van der Waals surface area contributed by atoms with Gasteiger partial charge in [0.1, 0.15) is 11.8 Å². The zero-order chi connectivity index (χ0) is 12.0. The third-order valence-electron chi connectivity index (χ3n) is 1.77. The number of aldehydes is 1. The molecule has 0 aliphatic carbocycles. The second kappa shape index (κ2) is 5.68. The lowest BCUT2D eigenvalue weighted by molar-refractivity contribution is -0.108. The van der Waals surface area contributed by atoms with Crippen LogP contribution in [0.15, 0.2) is 15.8 Å². The van der Waals surface area contributed by atoms with Crippen LogP contribution in [-0.4, -0.2) is 29.4 Å². The van der Waals surface area contributed by atoms with Crippen LogP contribution in [0.5, 0.6) is 0 Å². The molecule has 0 aromatic carbocycles. The van der Waals surface area contributed by atoms with Gasteiger partial charge in [0.2, 0.25) is 0 Å². The highest BCUT2D eigenvalue weighted by Crippen LogP contribution is 1.83. The summed E-state index contributed by atoms with van der Waals surface area (Å²) in [7, 11) is 1.73. The topological polar surface area (TPSA) is 84.0 Å². The number of carbonyl (C=O) groups excluding carboxylic acids is 1. The van der Waals surface area contributed by atoms with Crippen molar-refractivity contribution < 1.29 is 4.79 Å². The Morgan fingerprint density at radius 3 is 2.94 bits per heavy atom. The number of hydrogen-bond acceptors (Lipinski definition) is 4. The van der Waals surface area contributed by atoms with Crippen LogP contribution in [0.2, 0.25) is 0 Å². The molecule has 16 heavy (non-hydrogen) atoms. The lowest BCUT2D eigenvalue weighted by Gasteiger charge is -1.99. The minimum atomic E-state index is -0.615. The standard InChI is InChI=1S/C10H11N3O3/c1-11-4-2-3-8-7-13(5-6-14)10(16)12-9(8)15/h6-7,11H,4-5H2,1H3,(H,12,15,16). The summed E-state index contributed by atoms with van der Waals surface area (Å²) in [5.74, 6) is 5.30. The maximum absolute atomic E-state index is 11.3. The summed E-state index contributed by atoms with van der Waals surface area (Å²) < 4.78 is 1.10. The van der Waals surface area contributed by atoms with E-state index in [-0.39, 0.29) is 12.1 Å². The van der Waals surface area contributed by atoms with E-state index >= 15 is 0 Å². The molecular formula is C10H11N3O3. The lowest BCUT2D eigenvalue weighted by Crippen LogP contribution is -2.31. The molecule has 1 rings (SSSR count). The van der Waals surface area contributed by atoms with E-state index in [0.717, 1.165) is 4.57 Å². The van der Waals surface area contributed by atoms with Crippen molar-refractivity contribution in [2.45, 2.75) is 6.54 Å². The second-order valence-corrected chi connectivity index (χ2v) is 2.95. The molecule has 6 heteroatoms. The third kappa shape index (κ3) is 2.93. The van der Waals surface area contributed by atoms with Gasteiger partial charge in [0, 0.05) is 6.20 Å². The maximum Gasteiger partial charge on any atom is 0.328 e. The van der Waals surface area contributed by atoms with Crippen LogP contribution in [0.3, 0.4) is 0 Å². The van der Waals surface area contributed by atoms with Gasteiger partial charge in [-0.05, 0) is 7.05 Å². The zero-order valence-electron chi connectivity index (χ0n) is 8.74. The number of nitrogens with one attached hydrogen (secondary N) is 2. The van der Waals surface area contributed by atoms with Crippen LogP contribution < -0.4 is 16.6 Å². The second-order valence-electron chi connectivity index (χ2n) is 2.95. The van der Waals surface area contributed by atoms with Gasteiger partial charge in [-0.3, -0.25) is 14.3 Å². The molecule has 1 aromatic heterocycles. The highest BCUT2D eigenvalue weighted by molar-refractivity contribution is 5.49. The minimum Gasteiger partial charge on any atom is -0.309 e. The molecule has 2 N–H and O–H groups in total. The van der Waals surface area contributed by atoms with Gasteiger partial charge in [-0.1, -0.05) is 11.8 Å². The molecule has 6 nitrogen and oxygen atoms in total. The molecule has 0 aliphatic rings. The number of aromatic nitrogens is 2. The molecule has 0 atom stereocenters. The van der Waals surface area contributed by atoms with Gasteiger partial charge < -0.3 is 10.1 Å². The van der Waals surface area contributed by atoms with Crippen molar-refractivity contribution in [3.05, 3.63) is 32.6 Å². The minimum absolute atomic E-state index is 0.101. The van der Waals surface area contributed by atoms with Crippen LogP contribution in [0.25, 0.3) is 0 Å². The van der Waals surface area contributed by atoms with E-state index in [1.807, 2.05) is 0 Å². The van der Waals surface area contributed by atoms with Gasteiger partial charge in [0.15, 0.2) is 0 Å². The average Bonchev–Trinajstić information content (AvgIpc) is 2.25. The van der Waals surface area contributed by atoms with Crippen molar-refractivity contribution in [3.8, 4) is 11.8 Å². The Bertz CT molecular complexity index is 545. The molecule has 0 saturated heterocycles. The molecule has 0 spiro atoms. The molecule has 0 amide bonds. The Balaban J connectivity index is 3.16. The van der Waals surface area contributed by atoms with E-state index in [9.17, 15) is 14.4 Å². The summed E-state index contributed by atoms with van der Waals surface area (Å²) in [6.07, 6.45) is 1.85. The lowest BCUT2D eigenvalue weighted by atomic mass is 10.3. The fourth-order valence-corrected chi connectivity index (χ4v) is 1.04. The number of carbonyl (C=O) groups is 1. The first kappa shape index (κ1) is 11.9. The van der Waals surface area contributed by atoms with Gasteiger partial charge in [-0.2, -0.15) is 0 Å². The molecule has 0 bridgehead atoms. The van der Waals surface area contributed by atoms with Gasteiger partial charge in [0.05, 0.1) is 13.1 Å². The SMILES string of the molecule is CNCC#Cc1cn(CC=O)c(=O)[nH]c1=O. The molecule has 0 radical (unpaired) electrons. The van der Waals surface area contributed by atoms with Crippen molar-refractivity contribution in [1.82, 2.24) is 14.9 Å². The predicted octanol–water partition coefficient (Wildman–Crippen LogP) is -1.69. The van der Waals surface area contributed by atoms with Crippen LogP contribution in [0.4, 0.5) is 0 Å². The van der Waals surface area contributed by atoms with E-state index in [4.69, 9.17) is 0 Å². The average molecular weight is 221 g/mol. The fraction of sp³-hybridized carbons (Fsp3) is 0.300. The third-order valence-corrected chi connectivity index (χ3v) is 1.77. The Labute approximate surface area is 91.3 Å². The van der Waals surface area contributed by atoms with Crippen LogP contribution >= 0.6 is 0 Å². The molecule has 0 unspecified atom stereocenters. The molecule has 0 fully saturated rings. The van der Waals surface area contributed by atoms with Crippen molar-refractivity contribution in [2.24, 2.45) is 0 Å². The highest BCUT2D eigenvalue weighted by atomic mass is 16.2. The van der Waals surface area contributed by atoms with E-state index in [0.29, 0.717) is 12.8 Å². The summed E-state index contributed by atoms with van der Waals surface area (Å²) in [5, 5.41) is 2.80. The van der Waals surface area contributed by atoms with Crippen molar-refractivity contribution in [2.75, 3.05) is 13.6 Å².